The van der Waals surface area contributed by atoms with E-state index < -0.39 is 27.9 Å². The molecule has 0 radical (unpaired) electrons. The van der Waals surface area contributed by atoms with Crippen LogP contribution in [0.2, 0.25) is 0 Å². The van der Waals surface area contributed by atoms with E-state index in [4.69, 9.17) is 9.47 Å². The zero-order valence-electron chi connectivity index (χ0n) is 17.7. The Kier molecular flexibility index (Phi) is 6.56. The highest BCUT2D eigenvalue weighted by Gasteiger charge is 2.40. The summed E-state index contributed by atoms with van der Waals surface area (Å²) in [4.78, 5) is 24.7. The van der Waals surface area contributed by atoms with Crippen LogP contribution in [0.15, 0.2) is 35.4 Å². The van der Waals surface area contributed by atoms with Crippen molar-refractivity contribution in [2.24, 2.45) is 7.05 Å². The number of esters is 1. The number of nitrogens with one attached hydrogen (secondary N) is 1. The highest BCUT2D eigenvalue weighted by Crippen LogP contribution is 2.30. The molecule has 168 valence electrons. The lowest BCUT2D eigenvalue weighted by atomic mass is 10.2. The summed E-state index contributed by atoms with van der Waals surface area (Å²) >= 11 is 0. The molecule has 1 N–H and O–H groups in total. The predicted molar refractivity (Wildman–Crippen MR) is 112 cm³/mol. The molecule has 11 heteroatoms. The van der Waals surface area contributed by atoms with Gasteiger partial charge in [0.25, 0.3) is 0 Å². The van der Waals surface area contributed by atoms with Gasteiger partial charge in [-0.1, -0.05) is 0 Å². The van der Waals surface area contributed by atoms with E-state index in [1.54, 1.807) is 25.2 Å². The number of aromatic nitrogens is 1. The topological polar surface area (TPSA) is 116 Å². The number of hydrogen-bond acceptors (Lipinski definition) is 7. The first kappa shape index (κ1) is 22.6. The van der Waals surface area contributed by atoms with Crippen molar-refractivity contribution in [1.29, 1.82) is 0 Å². The van der Waals surface area contributed by atoms with Gasteiger partial charge in [-0.3, -0.25) is 4.79 Å². The smallest absolute Gasteiger partial charge is 0.354 e. The number of sulfonamides is 1. The van der Waals surface area contributed by atoms with Crippen LogP contribution >= 0.6 is 0 Å². The van der Waals surface area contributed by atoms with Gasteiger partial charge in [-0.25, -0.2) is 13.2 Å². The van der Waals surface area contributed by atoms with Crippen LogP contribution in [0, 0.1) is 0 Å². The minimum Gasteiger partial charge on any atom is -0.497 e. The van der Waals surface area contributed by atoms with Gasteiger partial charge in [0.2, 0.25) is 15.9 Å². The molecule has 0 bridgehead atoms. The fraction of sp³-hybridized carbons (Fsp3) is 0.400. The van der Waals surface area contributed by atoms with Gasteiger partial charge in [-0.2, -0.15) is 4.31 Å². The normalized spacial score (nSPS) is 16.7. The Labute approximate surface area is 180 Å². The van der Waals surface area contributed by atoms with E-state index in [2.05, 4.69) is 10.1 Å². The van der Waals surface area contributed by atoms with Gasteiger partial charge in [-0.15, -0.1) is 0 Å². The summed E-state index contributed by atoms with van der Waals surface area (Å²) in [5, 5.41) is 2.75. The molecule has 1 aliphatic heterocycles. The first-order chi connectivity index (χ1) is 14.7. The van der Waals surface area contributed by atoms with Crippen molar-refractivity contribution >= 4 is 27.6 Å². The molecule has 10 nitrogen and oxygen atoms in total. The predicted octanol–water partition coefficient (Wildman–Crippen LogP) is 1.62. The number of carbonyl (C=O) groups excluding carboxylic acids is 2. The lowest BCUT2D eigenvalue weighted by Gasteiger charge is -2.23. The van der Waals surface area contributed by atoms with Crippen LogP contribution in [0.3, 0.4) is 0 Å². The van der Waals surface area contributed by atoms with E-state index in [1.165, 1.54) is 38.2 Å². The molecule has 2 heterocycles. The second-order valence-corrected chi connectivity index (χ2v) is 8.92. The molecule has 1 amide bonds. The Morgan fingerprint density at radius 1 is 1.06 bits per heavy atom. The molecule has 0 unspecified atom stereocenters. The third-order valence-electron chi connectivity index (χ3n) is 5.11. The molecule has 1 atom stereocenters. The van der Waals surface area contributed by atoms with Gasteiger partial charge in [0, 0.05) is 43.7 Å². The summed E-state index contributed by atoms with van der Waals surface area (Å²) in [6, 6.07) is 5.27. The molecule has 0 spiro atoms. The molecule has 1 aromatic carbocycles. The van der Waals surface area contributed by atoms with Gasteiger partial charge in [0.15, 0.2) is 0 Å². The number of nitrogens with zero attached hydrogens (tertiary/aromatic N) is 2. The third-order valence-corrected chi connectivity index (χ3v) is 6.98. The van der Waals surface area contributed by atoms with Gasteiger partial charge in [0.05, 0.1) is 21.3 Å². The van der Waals surface area contributed by atoms with Crippen LogP contribution in [0.25, 0.3) is 0 Å². The van der Waals surface area contributed by atoms with Crippen LogP contribution in [0.4, 0.5) is 5.69 Å². The first-order valence-corrected chi connectivity index (χ1v) is 11.0. The highest BCUT2D eigenvalue weighted by molar-refractivity contribution is 7.89. The Hall–Kier alpha value is -3.05. The number of amides is 1. The SMILES string of the molecule is COC(=O)c1cc(S(=O)(=O)N2CCC[C@@H]2C(=O)Nc2cc(OC)cc(OC)c2)cn1C. The molecule has 3 rings (SSSR count). The zero-order valence-corrected chi connectivity index (χ0v) is 18.6. The molecule has 31 heavy (non-hydrogen) atoms. The molecular formula is C20H25N3O7S. The largest absolute Gasteiger partial charge is 0.497 e. The molecule has 0 aliphatic carbocycles. The van der Waals surface area contributed by atoms with Crippen molar-refractivity contribution in [2.75, 3.05) is 33.2 Å². The number of methoxy groups -OCH3 is 3. The van der Waals surface area contributed by atoms with E-state index in [9.17, 15) is 18.0 Å². The van der Waals surface area contributed by atoms with Gasteiger partial charge in [0.1, 0.15) is 28.1 Å². The average molecular weight is 452 g/mol. The maximum atomic E-state index is 13.2. The van der Waals surface area contributed by atoms with Crippen LogP contribution in [-0.2, 0) is 26.6 Å². The molecule has 0 saturated carbocycles. The molecule has 2 aromatic rings. The summed E-state index contributed by atoms with van der Waals surface area (Å²) < 4.78 is 44.1. The number of aryl methyl sites for hydroxylation is 1. The van der Waals surface area contributed by atoms with Gasteiger partial charge >= 0.3 is 5.97 Å². The van der Waals surface area contributed by atoms with Crippen LogP contribution in [0.1, 0.15) is 23.3 Å². The number of hydrogen-bond donors (Lipinski definition) is 1. The fourth-order valence-electron chi connectivity index (χ4n) is 3.51. The third kappa shape index (κ3) is 4.52. The second kappa shape index (κ2) is 8.98. The summed E-state index contributed by atoms with van der Waals surface area (Å²) in [5.41, 5.74) is 0.530. The van der Waals surface area contributed by atoms with Crippen LogP contribution < -0.4 is 14.8 Å². The number of rotatable bonds is 7. The van der Waals surface area contributed by atoms with E-state index >= 15 is 0 Å². The average Bonchev–Trinajstić information content (AvgIpc) is 3.40. The van der Waals surface area contributed by atoms with E-state index in [0.29, 0.717) is 30.0 Å². The van der Waals surface area contributed by atoms with Crippen molar-refractivity contribution < 1.29 is 32.2 Å². The maximum Gasteiger partial charge on any atom is 0.354 e. The fourth-order valence-corrected chi connectivity index (χ4v) is 5.24. The minimum absolute atomic E-state index is 0.0712. The Morgan fingerprint density at radius 3 is 2.29 bits per heavy atom. The van der Waals surface area contributed by atoms with E-state index in [-0.39, 0.29) is 17.1 Å². The van der Waals surface area contributed by atoms with Crippen molar-refractivity contribution in [1.82, 2.24) is 8.87 Å². The Morgan fingerprint density at radius 2 is 1.71 bits per heavy atom. The zero-order chi connectivity index (χ0) is 22.8. The Bertz CT molecular complexity index is 1070. The number of anilines is 1. The monoisotopic (exact) mass is 451 g/mol. The molecule has 1 aliphatic rings. The molecule has 1 saturated heterocycles. The van der Waals surface area contributed by atoms with Crippen LogP contribution in [-0.4, -0.2) is 63.1 Å². The standard InChI is InChI=1S/C20H25N3O7S/c1-22-12-16(11-18(22)20(25)30-4)31(26,27)23-7-5-6-17(23)19(24)21-13-8-14(28-2)10-15(9-13)29-3/h8-12,17H,5-7H2,1-4H3,(H,21,24)/t17-/m1/s1. The van der Waals surface area contributed by atoms with Crippen LogP contribution in [0.5, 0.6) is 11.5 Å². The summed E-state index contributed by atoms with van der Waals surface area (Å²) in [6.07, 6.45) is 2.25. The number of ether oxygens (including phenoxy) is 3. The van der Waals surface area contributed by atoms with Gasteiger partial charge in [-0.05, 0) is 18.9 Å². The quantitative estimate of drug-likeness (QED) is 0.636. The first-order valence-electron chi connectivity index (χ1n) is 9.51. The molecule has 1 fully saturated rings. The van der Waals surface area contributed by atoms with E-state index in [1.807, 2.05) is 0 Å². The van der Waals surface area contributed by atoms with Crippen molar-refractivity contribution in [2.45, 2.75) is 23.8 Å². The molecule has 1 aromatic heterocycles. The number of carbonyl (C=O) groups is 2. The lowest BCUT2D eigenvalue weighted by Crippen LogP contribution is -2.43. The van der Waals surface area contributed by atoms with Crippen molar-refractivity contribution in [3.05, 3.63) is 36.2 Å². The van der Waals surface area contributed by atoms with E-state index in [0.717, 1.165) is 4.31 Å². The second-order valence-electron chi connectivity index (χ2n) is 7.03. The van der Waals surface area contributed by atoms with Crippen molar-refractivity contribution in [3.63, 3.8) is 0 Å². The maximum absolute atomic E-state index is 13.2. The molecular weight excluding hydrogens is 426 g/mol. The highest BCUT2D eigenvalue weighted by atomic mass is 32.2. The summed E-state index contributed by atoms with van der Waals surface area (Å²) in [6.45, 7) is 0.199. The van der Waals surface area contributed by atoms with Gasteiger partial charge < -0.3 is 24.1 Å². The summed E-state index contributed by atoms with van der Waals surface area (Å²) in [5.74, 6) is -0.123. The summed E-state index contributed by atoms with van der Waals surface area (Å²) in [7, 11) is 1.76. The Balaban J connectivity index is 1.85. The minimum atomic E-state index is -4.00. The lowest BCUT2D eigenvalue weighted by molar-refractivity contribution is -0.119. The number of benzene rings is 1. The van der Waals surface area contributed by atoms with Crippen molar-refractivity contribution in [3.8, 4) is 11.5 Å².